The van der Waals surface area contributed by atoms with Gasteiger partial charge in [0.1, 0.15) is 17.0 Å². The Morgan fingerprint density at radius 2 is 1.81 bits per heavy atom. The minimum Gasteiger partial charge on any atom is -0.493 e. The van der Waals surface area contributed by atoms with Gasteiger partial charge in [0.15, 0.2) is 0 Å². The summed E-state index contributed by atoms with van der Waals surface area (Å²) in [6, 6.07) is 17.0. The summed E-state index contributed by atoms with van der Waals surface area (Å²) in [7, 11) is 0. The summed E-state index contributed by atoms with van der Waals surface area (Å²) in [5.41, 5.74) is 1.40. The van der Waals surface area contributed by atoms with Crippen LogP contribution >= 0.6 is 0 Å². The molecule has 1 amide bonds. The molecule has 0 bridgehead atoms. The second kappa shape index (κ2) is 8.85. The first kappa shape index (κ1) is 17.7. The van der Waals surface area contributed by atoms with Gasteiger partial charge in [0.05, 0.1) is 18.8 Å². The summed E-state index contributed by atoms with van der Waals surface area (Å²) in [6.45, 7) is 3.45. The molecule has 0 fully saturated rings. The third kappa shape index (κ3) is 4.30. The Bertz CT molecular complexity index is 875. The number of pyridine rings is 1. The molecule has 1 aromatic heterocycles. The number of hydrogen-bond donors (Lipinski definition) is 1. The van der Waals surface area contributed by atoms with Crippen LogP contribution in [0.4, 0.5) is 0 Å². The summed E-state index contributed by atoms with van der Waals surface area (Å²) in [6.07, 6.45) is 2.46. The van der Waals surface area contributed by atoms with Gasteiger partial charge < -0.3 is 14.8 Å². The summed E-state index contributed by atoms with van der Waals surface area (Å²) >= 11 is 0. The Kier molecular flexibility index (Phi) is 6.04. The van der Waals surface area contributed by atoms with Crippen molar-refractivity contribution in [1.29, 1.82) is 0 Å². The van der Waals surface area contributed by atoms with E-state index in [0.29, 0.717) is 37.5 Å². The topological polar surface area (TPSA) is 60.5 Å². The highest BCUT2D eigenvalue weighted by Crippen LogP contribution is 2.23. The second-order valence-corrected chi connectivity index (χ2v) is 5.72. The average molecular weight is 350 g/mol. The summed E-state index contributed by atoms with van der Waals surface area (Å²) < 4.78 is 11.3. The van der Waals surface area contributed by atoms with Crippen LogP contribution in [-0.2, 0) is 0 Å². The van der Waals surface area contributed by atoms with Gasteiger partial charge in [-0.15, -0.1) is 0 Å². The number of nitrogens with zero attached hydrogens (tertiary/aromatic N) is 1. The van der Waals surface area contributed by atoms with Crippen LogP contribution < -0.4 is 14.8 Å². The molecule has 5 heteroatoms. The molecule has 0 spiro atoms. The number of aromatic nitrogens is 1. The highest BCUT2D eigenvalue weighted by atomic mass is 16.5. The van der Waals surface area contributed by atoms with Crippen molar-refractivity contribution in [1.82, 2.24) is 10.3 Å². The maximum atomic E-state index is 12.3. The summed E-state index contributed by atoms with van der Waals surface area (Å²) in [5.74, 6) is 1.22. The fourth-order valence-electron chi connectivity index (χ4n) is 2.68. The lowest BCUT2D eigenvalue weighted by molar-refractivity contribution is 0.0948. The van der Waals surface area contributed by atoms with Gasteiger partial charge in [0, 0.05) is 18.1 Å². The van der Waals surface area contributed by atoms with Gasteiger partial charge in [-0.25, -0.2) is 0 Å². The van der Waals surface area contributed by atoms with Gasteiger partial charge in [-0.3, -0.25) is 9.78 Å². The Labute approximate surface area is 153 Å². The van der Waals surface area contributed by atoms with Crippen molar-refractivity contribution in [2.24, 2.45) is 0 Å². The van der Waals surface area contributed by atoms with Crippen LogP contribution in [0.1, 0.15) is 23.7 Å². The fraction of sp³-hybridized carbons (Fsp3) is 0.238. The first-order valence-electron chi connectivity index (χ1n) is 8.76. The van der Waals surface area contributed by atoms with Gasteiger partial charge >= 0.3 is 0 Å². The number of para-hydroxylation sites is 2. The Morgan fingerprint density at radius 1 is 1.00 bits per heavy atom. The van der Waals surface area contributed by atoms with Gasteiger partial charge in [0.2, 0.25) is 0 Å². The van der Waals surface area contributed by atoms with E-state index in [1.165, 1.54) is 0 Å². The van der Waals surface area contributed by atoms with Crippen LogP contribution in [0.3, 0.4) is 0 Å². The Hall–Kier alpha value is -3.08. The molecule has 1 heterocycles. The smallest absolute Gasteiger partial charge is 0.255 e. The van der Waals surface area contributed by atoms with Crippen molar-refractivity contribution in [3.05, 3.63) is 66.4 Å². The lowest BCUT2D eigenvalue weighted by atomic mass is 10.2. The molecule has 0 aliphatic rings. The monoisotopic (exact) mass is 350 g/mol. The average Bonchev–Trinajstić information content (AvgIpc) is 2.68. The van der Waals surface area contributed by atoms with E-state index in [0.717, 1.165) is 16.7 Å². The molecule has 0 aliphatic heterocycles. The maximum Gasteiger partial charge on any atom is 0.255 e. The molecule has 5 nitrogen and oxygen atoms in total. The minimum atomic E-state index is -0.138. The van der Waals surface area contributed by atoms with Gasteiger partial charge in [-0.1, -0.05) is 30.3 Å². The number of amides is 1. The number of ether oxygens (including phenoxy) is 2. The standard InChI is InChI=1S/C21H22N2O3/c1-2-25-18-11-4-3-10-17(18)21(24)23-14-7-15-26-19-12-5-8-16-9-6-13-22-20(16)19/h3-6,8-13H,2,7,14-15H2,1H3,(H,23,24). The van der Waals surface area contributed by atoms with E-state index in [2.05, 4.69) is 10.3 Å². The zero-order chi connectivity index (χ0) is 18.2. The van der Waals surface area contributed by atoms with Crippen LogP contribution in [0.5, 0.6) is 11.5 Å². The third-order valence-corrected chi connectivity index (χ3v) is 3.89. The van der Waals surface area contributed by atoms with E-state index in [1.54, 1.807) is 18.3 Å². The Balaban J connectivity index is 1.49. The first-order valence-corrected chi connectivity index (χ1v) is 8.76. The van der Waals surface area contributed by atoms with E-state index in [9.17, 15) is 4.79 Å². The van der Waals surface area contributed by atoms with E-state index in [4.69, 9.17) is 9.47 Å². The van der Waals surface area contributed by atoms with E-state index in [-0.39, 0.29) is 5.91 Å². The third-order valence-electron chi connectivity index (χ3n) is 3.89. The quantitative estimate of drug-likeness (QED) is 0.627. The second-order valence-electron chi connectivity index (χ2n) is 5.72. The number of benzene rings is 2. The van der Waals surface area contributed by atoms with Crippen molar-refractivity contribution in [2.75, 3.05) is 19.8 Å². The van der Waals surface area contributed by atoms with Crippen molar-refractivity contribution in [3.8, 4) is 11.5 Å². The molecule has 3 rings (SSSR count). The molecule has 0 saturated heterocycles. The molecule has 0 unspecified atom stereocenters. The maximum absolute atomic E-state index is 12.3. The first-order chi connectivity index (χ1) is 12.8. The molecule has 2 aromatic carbocycles. The lowest BCUT2D eigenvalue weighted by Gasteiger charge is -2.11. The normalized spacial score (nSPS) is 10.5. The molecular weight excluding hydrogens is 328 g/mol. The number of hydrogen-bond acceptors (Lipinski definition) is 4. The number of nitrogens with one attached hydrogen (secondary N) is 1. The molecule has 0 radical (unpaired) electrons. The van der Waals surface area contributed by atoms with Crippen LogP contribution in [0.15, 0.2) is 60.8 Å². The van der Waals surface area contributed by atoms with Crippen LogP contribution in [0.2, 0.25) is 0 Å². The van der Waals surface area contributed by atoms with Crippen molar-refractivity contribution < 1.29 is 14.3 Å². The number of carbonyl (C=O) groups is 1. The zero-order valence-corrected chi connectivity index (χ0v) is 14.8. The summed E-state index contributed by atoms with van der Waals surface area (Å²) in [5, 5.41) is 3.95. The van der Waals surface area contributed by atoms with Crippen LogP contribution in [0, 0.1) is 0 Å². The zero-order valence-electron chi connectivity index (χ0n) is 14.8. The highest BCUT2D eigenvalue weighted by molar-refractivity contribution is 5.96. The SMILES string of the molecule is CCOc1ccccc1C(=O)NCCCOc1cccc2cccnc12. The molecular formula is C21H22N2O3. The number of rotatable bonds is 8. The lowest BCUT2D eigenvalue weighted by Crippen LogP contribution is -2.26. The van der Waals surface area contributed by atoms with Crippen molar-refractivity contribution in [2.45, 2.75) is 13.3 Å². The van der Waals surface area contributed by atoms with Crippen LogP contribution in [0.25, 0.3) is 10.9 Å². The molecule has 0 atom stereocenters. The minimum absolute atomic E-state index is 0.138. The Morgan fingerprint density at radius 3 is 2.69 bits per heavy atom. The van der Waals surface area contributed by atoms with E-state index >= 15 is 0 Å². The van der Waals surface area contributed by atoms with E-state index in [1.807, 2.05) is 49.4 Å². The van der Waals surface area contributed by atoms with Gasteiger partial charge in [0.25, 0.3) is 5.91 Å². The van der Waals surface area contributed by atoms with E-state index < -0.39 is 0 Å². The van der Waals surface area contributed by atoms with Crippen molar-refractivity contribution >= 4 is 16.8 Å². The van der Waals surface area contributed by atoms with Crippen molar-refractivity contribution in [3.63, 3.8) is 0 Å². The summed E-state index contributed by atoms with van der Waals surface area (Å²) in [4.78, 5) is 16.7. The molecule has 0 saturated carbocycles. The molecule has 0 aliphatic carbocycles. The van der Waals surface area contributed by atoms with Gasteiger partial charge in [-0.2, -0.15) is 0 Å². The predicted molar refractivity (Wildman–Crippen MR) is 102 cm³/mol. The highest BCUT2D eigenvalue weighted by Gasteiger charge is 2.11. The predicted octanol–water partition coefficient (Wildman–Crippen LogP) is 3.83. The molecule has 1 N–H and O–H groups in total. The molecule has 26 heavy (non-hydrogen) atoms. The van der Waals surface area contributed by atoms with Gasteiger partial charge in [-0.05, 0) is 37.6 Å². The van der Waals surface area contributed by atoms with Crippen LogP contribution in [-0.4, -0.2) is 30.6 Å². The number of carbonyl (C=O) groups excluding carboxylic acids is 1. The largest absolute Gasteiger partial charge is 0.493 e. The fourth-order valence-corrected chi connectivity index (χ4v) is 2.68. The molecule has 134 valence electrons. The number of fused-ring (bicyclic) bond motifs is 1. The molecule has 3 aromatic rings.